The second-order valence-electron chi connectivity index (χ2n) is 6.71. The number of carbonyl (C=O) groups is 1. The van der Waals surface area contributed by atoms with Crippen LogP contribution in [0.5, 0.6) is 0 Å². The molecule has 26 heavy (non-hydrogen) atoms. The van der Waals surface area contributed by atoms with Gasteiger partial charge in [0.25, 0.3) is 0 Å². The van der Waals surface area contributed by atoms with Crippen molar-refractivity contribution in [2.75, 3.05) is 39.3 Å². The number of benzene rings is 1. The molecule has 0 spiro atoms. The molecule has 0 atom stereocenters. The highest BCUT2D eigenvalue weighted by molar-refractivity contribution is 5.78. The zero-order valence-corrected chi connectivity index (χ0v) is 15.1. The molecule has 1 N–H and O–H groups in total. The van der Waals surface area contributed by atoms with Crippen molar-refractivity contribution in [1.82, 2.24) is 20.3 Å². The summed E-state index contributed by atoms with van der Waals surface area (Å²) in [5.41, 5.74) is 1.97. The highest BCUT2D eigenvalue weighted by atomic mass is 19.1. The van der Waals surface area contributed by atoms with Crippen molar-refractivity contribution in [2.45, 2.75) is 19.9 Å². The SMILES string of the molecule is Cc1cc(CN2CCN(CC(=O)NCCc3ccc(F)cc3)CC2)no1. The molecule has 1 aliphatic heterocycles. The van der Waals surface area contributed by atoms with Crippen molar-refractivity contribution in [3.05, 3.63) is 53.2 Å². The Balaban J connectivity index is 1.32. The van der Waals surface area contributed by atoms with Gasteiger partial charge in [-0.25, -0.2) is 4.39 Å². The van der Waals surface area contributed by atoms with Gasteiger partial charge in [-0.2, -0.15) is 0 Å². The van der Waals surface area contributed by atoms with E-state index in [0.29, 0.717) is 19.5 Å². The van der Waals surface area contributed by atoms with E-state index >= 15 is 0 Å². The Morgan fingerprint density at radius 1 is 1.19 bits per heavy atom. The van der Waals surface area contributed by atoms with Crippen LogP contribution in [0, 0.1) is 12.7 Å². The number of hydrogen-bond acceptors (Lipinski definition) is 5. The van der Waals surface area contributed by atoms with Crippen LogP contribution in [0.15, 0.2) is 34.9 Å². The van der Waals surface area contributed by atoms with Crippen LogP contribution in [-0.4, -0.2) is 60.1 Å². The van der Waals surface area contributed by atoms with Crippen LogP contribution in [-0.2, 0) is 17.8 Å². The topological polar surface area (TPSA) is 61.6 Å². The minimum atomic E-state index is -0.240. The fourth-order valence-corrected chi connectivity index (χ4v) is 3.08. The van der Waals surface area contributed by atoms with Crippen LogP contribution in [0.25, 0.3) is 0 Å². The third-order valence-corrected chi connectivity index (χ3v) is 4.54. The largest absolute Gasteiger partial charge is 0.361 e. The van der Waals surface area contributed by atoms with Crippen molar-refractivity contribution < 1.29 is 13.7 Å². The fraction of sp³-hybridized carbons (Fsp3) is 0.474. The molecule has 7 heteroatoms. The molecule has 2 aromatic rings. The number of rotatable bonds is 7. The fourth-order valence-electron chi connectivity index (χ4n) is 3.08. The molecule has 1 fully saturated rings. The van der Waals surface area contributed by atoms with Crippen LogP contribution in [0.4, 0.5) is 4.39 Å². The number of aromatic nitrogens is 1. The standard InChI is InChI=1S/C19H25FN4O2/c1-15-12-18(22-26-15)13-23-8-10-24(11-9-23)14-19(25)21-7-6-16-2-4-17(20)5-3-16/h2-5,12H,6-11,13-14H2,1H3,(H,21,25). The van der Waals surface area contributed by atoms with E-state index in [-0.39, 0.29) is 11.7 Å². The van der Waals surface area contributed by atoms with Gasteiger partial charge in [-0.1, -0.05) is 17.3 Å². The smallest absolute Gasteiger partial charge is 0.234 e. The van der Waals surface area contributed by atoms with Gasteiger partial charge in [-0.05, 0) is 31.0 Å². The number of hydrogen-bond donors (Lipinski definition) is 1. The molecule has 1 aromatic heterocycles. The number of nitrogens with zero attached hydrogens (tertiary/aromatic N) is 3. The molecular formula is C19H25FN4O2. The van der Waals surface area contributed by atoms with Crippen LogP contribution in [0.2, 0.25) is 0 Å². The maximum absolute atomic E-state index is 12.9. The molecular weight excluding hydrogens is 335 g/mol. The highest BCUT2D eigenvalue weighted by Gasteiger charge is 2.19. The molecule has 0 unspecified atom stereocenters. The lowest BCUT2D eigenvalue weighted by molar-refractivity contribution is -0.122. The van der Waals surface area contributed by atoms with Gasteiger partial charge in [0.2, 0.25) is 5.91 Å². The van der Waals surface area contributed by atoms with Crippen LogP contribution < -0.4 is 5.32 Å². The first-order valence-electron chi connectivity index (χ1n) is 8.96. The highest BCUT2D eigenvalue weighted by Crippen LogP contribution is 2.09. The third-order valence-electron chi connectivity index (χ3n) is 4.54. The lowest BCUT2D eigenvalue weighted by Gasteiger charge is -2.33. The summed E-state index contributed by atoms with van der Waals surface area (Å²) in [7, 11) is 0. The van der Waals surface area contributed by atoms with Gasteiger partial charge in [0, 0.05) is 45.3 Å². The Kier molecular flexibility index (Phi) is 6.35. The first kappa shape index (κ1) is 18.5. The van der Waals surface area contributed by atoms with Gasteiger partial charge in [-0.15, -0.1) is 0 Å². The van der Waals surface area contributed by atoms with Crippen LogP contribution >= 0.6 is 0 Å². The summed E-state index contributed by atoms with van der Waals surface area (Å²) in [5.74, 6) is 0.624. The lowest BCUT2D eigenvalue weighted by atomic mass is 10.1. The molecule has 1 amide bonds. The molecule has 140 valence electrons. The zero-order chi connectivity index (χ0) is 18.4. The average Bonchev–Trinajstić information content (AvgIpc) is 3.03. The molecule has 1 saturated heterocycles. The number of halogens is 1. The Labute approximate surface area is 152 Å². The van der Waals surface area contributed by atoms with Gasteiger partial charge in [0.1, 0.15) is 11.6 Å². The predicted molar refractivity (Wildman–Crippen MR) is 96.1 cm³/mol. The monoisotopic (exact) mass is 360 g/mol. The number of nitrogens with one attached hydrogen (secondary N) is 1. The minimum Gasteiger partial charge on any atom is -0.361 e. The van der Waals surface area contributed by atoms with E-state index in [0.717, 1.165) is 49.7 Å². The quantitative estimate of drug-likeness (QED) is 0.813. The van der Waals surface area contributed by atoms with Gasteiger partial charge in [0.15, 0.2) is 0 Å². The molecule has 2 heterocycles. The van der Waals surface area contributed by atoms with E-state index in [4.69, 9.17) is 4.52 Å². The summed E-state index contributed by atoms with van der Waals surface area (Å²) in [6, 6.07) is 8.34. The summed E-state index contributed by atoms with van der Waals surface area (Å²) >= 11 is 0. The van der Waals surface area contributed by atoms with Crippen molar-refractivity contribution in [3.63, 3.8) is 0 Å². The van der Waals surface area contributed by atoms with Gasteiger partial charge in [0.05, 0.1) is 12.2 Å². The van der Waals surface area contributed by atoms with Crippen molar-refractivity contribution in [2.24, 2.45) is 0 Å². The molecule has 3 rings (SSSR count). The lowest BCUT2D eigenvalue weighted by Crippen LogP contribution is -2.49. The summed E-state index contributed by atoms with van der Waals surface area (Å²) in [6.07, 6.45) is 0.705. The Bertz CT molecular complexity index is 709. The van der Waals surface area contributed by atoms with E-state index in [9.17, 15) is 9.18 Å². The third kappa shape index (κ3) is 5.64. The molecule has 0 radical (unpaired) electrons. The van der Waals surface area contributed by atoms with E-state index in [2.05, 4.69) is 20.3 Å². The Morgan fingerprint density at radius 3 is 2.54 bits per heavy atom. The molecule has 6 nitrogen and oxygen atoms in total. The Hall–Kier alpha value is -2.25. The molecule has 0 saturated carbocycles. The number of piperazine rings is 1. The number of amides is 1. The maximum Gasteiger partial charge on any atom is 0.234 e. The maximum atomic E-state index is 12.9. The number of carbonyl (C=O) groups excluding carboxylic acids is 1. The molecule has 1 aromatic carbocycles. The summed E-state index contributed by atoms with van der Waals surface area (Å²) in [5, 5.41) is 6.96. The molecule has 0 bridgehead atoms. The van der Waals surface area contributed by atoms with Crippen molar-refractivity contribution >= 4 is 5.91 Å². The predicted octanol–water partition coefficient (Wildman–Crippen LogP) is 1.60. The normalized spacial score (nSPS) is 15.9. The van der Waals surface area contributed by atoms with Crippen molar-refractivity contribution in [1.29, 1.82) is 0 Å². The van der Waals surface area contributed by atoms with E-state index in [1.54, 1.807) is 12.1 Å². The molecule has 1 aliphatic rings. The Morgan fingerprint density at radius 2 is 1.88 bits per heavy atom. The van der Waals surface area contributed by atoms with Crippen LogP contribution in [0.1, 0.15) is 17.0 Å². The first-order chi connectivity index (χ1) is 12.6. The van der Waals surface area contributed by atoms with Crippen molar-refractivity contribution in [3.8, 4) is 0 Å². The average molecular weight is 360 g/mol. The van der Waals surface area contributed by atoms with E-state index < -0.39 is 0 Å². The number of aryl methyl sites for hydroxylation is 1. The molecule has 0 aliphatic carbocycles. The second-order valence-corrected chi connectivity index (χ2v) is 6.71. The summed E-state index contributed by atoms with van der Waals surface area (Å²) in [6.45, 7) is 7.21. The van der Waals surface area contributed by atoms with E-state index in [1.807, 2.05) is 13.0 Å². The van der Waals surface area contributed by atoms with Gasteiger partial charge < -0.3 is 9.84 Å². The first-order valence-corrected chi connectivity index (χ1v) is 8.96. The second kappa shape index (κ2) is 8.91. The van der Waals surface area contributed by atoms with E-state index in [1.165, 1.54) is 12.1 Å². The summed E-state index contributed by atoms with van der Waals surface area (Å²) in [4.78, 5) is 16.6. The van der Waals surface area contributed by atoms with Gasteiger partial charge in [-0.3, -0.25) is 14.6 Å². The zero-order valence-electron chi connectivity index (χ0n) is 15.1. The van der Waals surface area contributed by atoms with Gasteiger partial charge >= 0.3 is 0 Å². The van der Waals surface area contributed by atoms with Crippen LogP contribution in [0.3, 0.4) is 0 Å². The minimum absolute atomic E-state index is 0.0349. The summed E-state index contributed by atoms with van der Waals surface area (Å²) < 4.78 is 18.0.